The van der Waals surface area contributed by atoms with Gasteiger partial charge in [0, 0.05) is 54.5 Å². The Balaban J connectivity index is 0.890. The molecule has 0 atom stereocenters. The van der Waals surface area contributed by atoms with Crippen molar-refractivity contribution >= 4 is 81.7 Å². The molecule has 0 bridgehead atoms. The minimum atomic E-state index is 1.15. The van der Waals surface area contributed by atoms with E-state index in [4.69, 9.17) is 0 Å². The minimum absolute atomic E-state index is 1.15. The fraction of sp³-hybridized carbons (Fsp3) is 0. The third-order valence-electron chi connectivity index (χ3n) is 13.6. The molecular weight excluding hydrogens is 763 g/mol. The fourth-order valence-electron chi connectivity index (χ4n) is 10.7. The zero-order valence-electron chi connectivity index (χ0n) is 34.2. The molecule has 3 heteroatoms. The van der Waals surface area contributed by atoms with Gasteiger partial charge in [-0.3, -0.25) is 0 Å². The van der Waals surface area contributed by atoms with Gasteiger partial charge >= 0.3 is 0 Å². The largest absolute Gasteiger partial charge is 0.309 e. The molecule has 0 aliphatic rings. The zero-order valence-corrected chi connectivity index (χ0v) is 34.2. The summed E-state index contributed by atoms with van der Waals surface area (Å²) in [6.45, 7) is 0. The summed E-state index contributed by atoms with van der Waals surface area (Å²) in [6.07, 6.45) is 0. The first-order valence-electron chi connectivity index (χ1n) is 21.8. The van der Waals surface area contributed by atoms with Crippen LogP contribution in [0.15, 0.2) is 224 Å². The molecule has 3 nitrogen and oxygen atoms in total. The molecule has 14 rings (SSSR count). The van der Waals surface area contributed by atoms with E-state index in [0.29, 0.717) is 0 Å². The summed E-state index contributed by atoms with van der Waals surface area (Å²) in [5.41, 5.74) is 18.2. The summed E-state index contributed by atoms with van der Waals surface area (Å²) in [6, 6.07) is 82.7. The van der Waals surface area contributed by atoms with Crippen molar-refractivity contribution in [3.05, 3.63) is 224 Å². The lowest BCUT2D eigenvalue weighted by molar-refractivity contribution is 1.18. The molecule has 0 fully saturated rings. The number of rotatable bonds is 5. The molecule has 4 heterocycles. The number of aromatic nitrogens is 3. The number of hydrogen-bond donors (Lipinski definition) is 0. The van der Waals surface area contributed by atoms with Gasteiger partial charge in [-0.15, -0.1) is 0 Å². The van der Waals surface area contributed by atoms with Gasteiger partial charge < -0.3 is 13.5 Å². The molecule has 63 heavy (non-hydrogen) atoms. The third kappa shape index (κ3) is 4.96. The second kappa shape index (κ2) is 13.1. The van der Waals surface area contributed by atoms with Gasteiger partial charge in [0.05, 0.1) is 38.6 Å². The highest BCUT2D eigenvalue weighted by molar-refractivity contribution is 6.23. The maximum atomic E-state index is 2.47. The van der Waals surface area contributed by atoms with Crippen LogP contribution in [0.1, 0.15) is 0 Å². The number of hydrogen-bond acceptors (Lipinski definition) is 0. The number of benzene rings is 10. The molecule has 0 unspecified atom stereocenters. The first-order chi connectivity index (χ1) is 31.2. The highest BCUT2D eigenvalue weighted by atomic mass is 15.0. The highest BCUT2D eigenvalue weighted by Gasteiger charge is 2.20. The van der Waals surface area contributed by atoms with Crippen LogP contribution in [0.5, 0.6) is 0 Å². The average Bonchev–Trinajstić information content (AvgIpc) is 4.08. The molecule has 0 amide bonds. The Hall–Kier alpha value is -8.40. The maximum Gasteiger partial charge on any atom is 0.0620 e. The Bertz CT molecular complexity index is 4120. The van der Waals surface area contributed by atoms with E-state index >= 15 is 0 Å². The van der Waals surface area contributed by atoms with Crippen LogP contribution in [0, 0.1) is 0 Å². The van der Waals surface area contributed by atoms with Gasteiger partial charge in [0.2, 0.25) is 0 Å². The average molecular weight is 800 g/mol. The van der Waals surface area contributed by atoms with Crippen molar-refractivity contribution < 1.29 is 0 Å². The quantitative estimate of drug-likeness (QED) is 0.165. The lowest BCUT2D eigenvalue weighted by Gasteiger charge is -2.11. The Kier molecular flexibility index (Phi) is 7.11. The summed E-state index contributed by atoms with van der Waals surface area (Å²) in [5, 5.41) is 10.2. The van der Waals surface area contributed by atoms with Crippen LogP contribution >= 0.6 is 0 Å². The first-order valence-corrected chi connectivity index (χ1v) is 21.8. The van der Waals surface area contributed by atoms with Crippen molar-refractivity contribution in [2.75, 3.05) is 0 Å². The Morgan fingerprint density at radius 3 is 1.25 bits per heavy atom. The molecule has 0 saturated carbocycles. The number of para-hydroxylation sites is 4. The summed E-state index contributed by atoms with van der Waals surface area (Å²) >= 11 is 0. The molecule has 0 N–H and O–H groups in total. The van der Waals surface area contributed by atoms with E-state index in [2.05, 4.69) is 238 Å². The molecule has 0 aliphatic heterocycles. The van der Waals surface area contributed by atoms with Crippen molar-refractivity contribution in [3.63, 3.8) is 0 Å². The van der Waals surface area contributed by atoms with Crippen molar-refractivity contribution in [2.45, 2.75) is 0 Å². The Morgan fingerprint density at radius 2 is 0.619 bits per heavy atom. The van der Waals surface area contributed by atoms with Gasteiger partial charge in [0.25, 0.3) is 0 Å². The summed E-state index contributed by atoms with van der Waals surface area (Å²) in [7, 11) is 0. The second-order valence-electron chi connectivity index (χ2n) is 16.9. The Morgan fingerprint density at radius 1 is 0.206 bits per heavy atom. The van der Waals surface area contributed by atoms with Gasteiger partial charge in [-0.05, 0) is 100 Å². The van der Waals surface area contributed by atoms with Crippen molar-refractivity contribution in [2.24, 2.45) is 0 Å². The number of nitrogens with zero attached hydrogens (tertiary/aromatic N) is 3. The molecular formula is C60H37N3. The van der Waals surface area contributed by atoms with Crippen LogP contribution in [0.25, 0.3) is 126 Å². The molecule has 0 radical (unpaired) electrons. The van der Waals surface area contributed by atoms with E-state index in [1.165, 1.54) is 115 Å². The normalized spacial score (nSPS) is 12.1. The molecule has 292 valence electrons. The van der Waals surface area contributed by atoms with Crippen LogP contribution in [-0.4, -0.2) is 13.5 Å². The van der Waals surface area contributed by atoms with E-state index in [0.717, 1.165) is 11.4 Å². The predicted molar refractivity (Wildman–Crippen MR) is 266 cm³/mol. The standard InChI is InChI=1S/C60H37N3/c1-2-12-38(13-3-1)39-24-26-40(27-25-39)41-14-10-15-44(34-41)61-54-21-7-5-17-47(54)52-35-42(28-32-57(52)61)43-29-33-58-53(36-43)48-18-6-8-22-55(48)62(58)45-30-31-49-51-20-11-19-50-46-16-4-9-23-56(46)63(60(50)51)59(49)37-45/h1-37H. The minimum Gasteiger partial charge on any atom is -0.309 e. The van der Waals surface area contributed by atoms with Crippen LogP contribution in [0.4, 0.5) is 0 Å². The smallest absolute Gasteiger partial charge is 0.0620 e. The van der Waals surface area contributed by atoms with Gasteiger partial charge in [-0.1, -0.05) is 158 Å². The Labute approximate surface area is 362 Å². The first kappa shape index (κ1) is 34.3. The van der Waals surface area contributed by atoms with Crippen LogP contribution < -0.4 is 0 Å². The van der Waals surface area contributed by atoms with Crippen LogP contribution in [-0.2, 0) is 0 Å². The summed E-state index contributed by atoms with van der Waals surface area (Å²) in [4.78, 5) is 0. The molecule has 0 saturated heterocycles. The lowest BCUT2D eigenvalue weighted by atomic mass is 10.00. The highest BCUT2D eigenvalue weighted by Crippen LogP contribution is 2.42. The van der Waals surface area contributed by atoms with E-state index in [9.17, 15) is 0 Å². The van der Waals surface area contributed by atoms with E-state index in [1.807, 2.05) is 0 Å². The number of fused-ring (bicyclic) bond motifs is 12. The topological polar surface area (TPSA) is 14.3 Å². The van der Waals surface area contributed by atoms with Crippen molar-refractivity contribution in [1.82, 2.24) is 13.5 Å². The molecule has 10 aromatic carbocycles. The second-order valence-corrected chi connectivity index (χ2v) is 16.9. The van der Waals surface area contributed by atoms with E-state index in [-0.39, 0.29) is 0 Å². The summed E-state index contributed by atoms with van der Waals surface area (Å²) in [5.74, 6) is 0. The summed E-state index contributed by atoms with van der Waals surface area (Å²) < 4.78 is 7.34. The molecule has 0 spiro atoms. The van der Waals surface area contributed by atoms with Crippen LogP contribution in [0.2, 0.25) is 0 Å². The van der Waals surface area contributed by atoms with Gasteiger partial charge in [0.1, 0.15) is 0 Å². The monoisotopic (exact) mass is 799 g/mol. The predicted octanol–water partition coefficient (Wildman–Crippen LogP) is 16.0. The maximum absolute atomic E-state index is 2.47. The molecule has 4 aromatic heterocycles. The van der Waals surface area contributed by atoms with E-state index in [1.54, 1.807) is 0 Å². The third-order valence-corrected chi connectivity index (χ3v) is 13.6. The molecule has 0 aliphatic carbocycles. The lowest BCUT2D eigenvalue weighted by Crippen LogP contribution is -1.94. The van der Waals surface area contributed by atoms with Gasteiger partial charge in [-0.2, -0.15) is 0 Å². The van der Waals surface area contributed by atoms with Gasteiger partial charge in [0.15, 0.2) is 0 Å². The SMILES string of the molecule is c1ccc(-c2ccc(-c3cccc(-n4c5ccccc5c5cc(-c6ccc7c(c6)c6ccccc6n7-c6ccc7c8cccc9c%10ccccc%10n(c7c6)c98)ccc54)c3)cc2)cc1. The fourth-order valence-corrected chi connectivity index (χ4v) is 10.7. The van der Waals surface area contributed by atoms with Crippen molar-refractivity contribution in [1.29, 1.82) is 0 Å². The van der Waals surface area contributed by atoms with Crippen LogP contribution in [0.3, 0.4) is 0 Å². The molecule has 14 aromatic rings. The van der Waals surface area contributed by atoms with Crippen molar-refractivity contribution in [3.8, 4) is 44.8 Å². The zero-order chi connectivity index (χ0) is 41.2. The van der Waals surface area contributed by atoms with Gasteiger partial charge in [-0.25, -0.2) is 0 Å². The van der Waals surface area contributed by atoms with E-state index < -0.39 is 0 Å².